The molecular weight excluding hydrogens is 274 g/mol. The molecule has 0 atom stereocenters. The summed E-state index contributed by atoms with van der Waals surface area (Å²) < 4.78 is 2.31. The van der Waals surface area contributed by atoms with Crippen molar-refractivity contribution in [3.8, 4) is 0 Å². The molecule has 0 bridgehead atoms. The SMILES string of the molecule is CNCCC(=O)Nc1cnc2c(c1)c(=O)n(C)c(=O)n2C. The molecule has 0 radical (unpaired) electrons. The highest BCUT2D eigenvalue weighted by Crippen LogP contribution is 2.11. The summed E-state index contributed by atoms with van der Waals surface area (Å²) in [5.74, 6) is -0.174. The Labute approximate surface area is 120 Å². The first-order chi connectivity index (χ1) is 9.95. The summed E-state index contributed by atoms with van der Waals surface area (Å²) in [4.78, 5) is 39.7. The maximum atomic E-state index is 12.1. The highest BCUT2D eigenvalue weighted by molar-refractivity contribution is 5.92. The molecule has 0 aliphatic carbocycles. The van der Waals surface area contributed by atoms with E-state index in [2.05, 4.69) is 15.6 Å². The van der Waals surface area contributed by atoms with Gasteiger partial charge in [0.25, 0.3) is 5.56 Å². The Kier molecular flexibility index (Phi) is 4.18. The number of hydrogen-bond acceptors (Lipinski definition) is 5. The van der Waals surface area contributed by atoms with E-state index in [1.54, 1.807) is 14.1 Å². The van der Waals surface area contributed by atoms with Crippen molar-refractivity contribution in [3.05, 3.63) is 33.1 Å². The second-order valence-electron chi connectivity index (χ2n) is 4.70. The van der Waals surface area contributed by atoms with Crippen molar-refractivity contribution in [2.75, 3.05) is 18.9 Å². The number of rotatable bonds is 4. The summed E-state index contributed by atoms with van der Waals surface area (Å²) in [6.45, 7) is 0.559. The van der Waals surface area contributed by atoms with Crippen LogP contribution in [-0.2, 0) is 18.9 Å². The van der Waals surface area contributed by atoms with Gasteiger partial charge >= 0.3 is 5.69 Å². The minimum Gasteiger partial charge on any atom is -0.325 e. The van der Waals surface area contributed by atoms with Crippen molar-refractivity contribution in [2.24, 2.45) is 14.1 Å². The Morgan fingerprint density at radius 3 is 2.67 bits per heavy atom. The van der Waals surface area contributed by atoms with Crippen molar-refractivity contribution >= 4 is 22.6 Å². The molecule has 112 valence electrons. The molecule has 0 fully saturated rings. The molecule has 0 spiro atoms. The van der Waals surface area contributed by atoms with Crippen LogP contribution in [0.5, 0.6) is 0 Å². The summed E-state index contributed by atoms with van der Waals surface area (Å²) in [5.41, 5.74) is -0.159. The number of anilines is 1. The van der Waals surface area contributed by atoms with Gasteiger partial charge in [0.1, 0.15) is 5.65 Å². The van der Waals surface area contributed by atoms with Crippen molar-refractivity contribution in [1.82, 2.24) is 19.4 Å². The number of carbonyl (C=O) groups excluding carboxylic acids is 1. The first-order valence-electron chi connectivity index (χ1n) is 6.46. The van der Waals surface area contributed by atoms with E-state index >= 15 is 0 Å². The molecule has 8 nitrogen and oxygen atoms in total. The van der Waals surface area contributed by atoms with Crippen molar-refractivity contribution in [3.63, 3.8) is 0 Å². The van der Waals surface area contributed by atoms with Gasteiger partial charge in [0, 0.05) is 27.1 Å². The second-order valence-corrected chi connectivity index (χ2v) is 4.70. The lowest BCUT2D eigenvalue weighted by Crippen LogP contribution is -2.37. The van der Waals surface area contributed by atoms with Crippen molar-refractivity contribution in [2.45, 2.75) is 6.42 Å². The Balaban J connectivity index is 2.45. The predicted molar refractivity (Wildman–Crippen MR) is 79.4 cm³/mol. The standard InChI is InChI=1S/C13H17N5O3/c1-14-5-4-10(19)16-8-6-9-11(15-7-8)17(2)13(21)18(3)12(9)20/h6-7,14H,4-5H2,1-3H3,(H,16,19). The molecule has 0 unspecified atom stereocenters. The van der Waals surface area contributed by atoms with Gasteiger partial charge < -0.3 is 10.6 Å². The van der Waals surface area contributed by atoms with Crippen LogP contribution >= 0.6 is 0 Å². The molecular formula is C13H17N5O3. The minimum absolute atomic E-state index is 0.174. The van der Waals surface area contributed by atoms with Crippen LogP contribution in [0.1, 0.15) is 6.42 Å². The summed E-state index contributed by atoms with van der Waals surface area (Å²) in [6.07, 6.45) is 1.75. The summed E-state index contributed by atoms with van der Waals surface area (Å²) >= 11 is 0. The molecule has 21 heavy (non-hydrogen) atoms. The molecule has 0 saturated heterocycles. The van der Waals surface area contributed by atoms with E-state index in [1.165, 1.54) is 23.9 Å². The van der Waals surface area contributed by atoms with E-state index in [1.807, 2.05) is 0 Å². The molecule has 2 aromatic heterocycles. The van der Waals surface area contributed by atoms with Gasteiger partial charge in [0.2, 0.25) is 5.91 Å². The fourth-order valence-corrected chi connectivity index (χ4v) is 2.00. The van der Waals surface area contributed by atoms with E-state index in [4.69, 9.17) is 0 Å². The number of fused-ring (bicyclic) bond motifs is 1. The molecule has 2 N–H and O–H groups in total. The maximum absolute atomic E-state index is 12.1. The number of nitrogens with zero attached hydrogens (tertiary/aromatic N) is 3. The minimum atomic E-state index is -0.439. The van der Waals surface area contributed by atoms with Crippen LogP contribution in [0.25, 0.3) is 11.0 Å². The molecule has 0 aromatic carbocycles. The quantitative estimate of drug-likeness (QED) is 0.767. The topological polar surface area (TPSA) is 98.0 Å². The smallest absolute Gasteiger partial charge is 0.325 e. The van der Waals surface area contributed by atoms with E-state index in [-0.39, 0.29) is 16.9 Å². The zero-order valence-electron chi connectivity index (χ0n) is 12.1. The third kappa shape index (κ3) is 2.84. The van der Waals surface area contributed by atoms with Gasteiger partial charge in [-0.2, -0.15) is 0 Å². The Morgan fingerprint density at radius 2 is 2.00 bits per heavy atom. The summed E-state index contributed by atoms with van der Waals surface area (Å²) in [6, 6.07) is 1.53. The monoisotopic (exact) mass is 291 g/mol. The average molecular weight is 291 g/mol. The zero-order chi connectivity index (χ0) is 15.6. The van der Waals surface area contributed by atoms with Crippen LogP contribution in [0, 0.1) is 0 Å². The van der Waals surface area contributed by atoms with Crippen LogP contribution in [0.2, 0.25) is 0 Å². The largest absolute Gasteiger partial charge is 0.332 e. The van der Waals surface area contributed by atoms with Crippen LogP contribution in [0.15, 0.2) is 21.9 Å². The molecule has 2 aromatic rings. The molecule has 0 saturated carbocycles. The average Bonchev–Trinajstić information content (AvgIpc) is 2.48. The molecule has 0 aliphatic rings. The third-order valence-corrected chi connectivity index (χ3v) is 3.18. The lowest BCUT2D eigenvalue weighted by Gasteiger charge is -2.09. The van der Waals surface area contributed by atoms with Crippen LogP contribution in [0.3, 0.4) is 0 Å². The van der Waals surface area contributed by atoms with Gasteiger partial charge in [-0.25, -0.2) is 9.78 Å². The van der Waals surface area contributed by atoms with Gasteiger partial charge in [0.15, 0.2) is 0 Å². The van der Waals surface area contributed by atoms with Crippen LogP contribution < -0.4 is 21.9 Å². The van der Waals surface area contributed by atoms with Crippen molar-refractivity contribution in [1.29, 1.82) is 0 Å². The summed E-state index contributed by atoms with van der Waals surface area (Å²) in [5, 5.41) is 5.83. The van der Waals surface area contributed by atoms with Crippen LogP contribution in [0.4, 0.5) is 5.69 Å². The Hall–Kier alpha value is -2.48. The van der Waals surface area contributed by atoms with E-state index < -0.39 is 11.2 Å². The molecule has 2 rings (SSSR count). The third-order valence-electron chi connectivity index (χ3n) is 3.18. The van der Waals surface area contributed by atoms with E-state index in [0.717, 1.165) is 4.57 Å². The normalized spacial score (nSPS) is 10.8. The van der Waals surface area contributed by atoms with Gasteiger partial charge in [-0.05, 0) is 13.1 Å². The van der Waals surface area contributed by atoms with Crippen molar-refractivity contribution < 1.29 is 4.79 Å². The Morgan fingerprint density at radius 1 is 1.29 bits per heavy atom. The number of nitrogens with one attached hydrogen (secondary N) is 2. The number of hydrogen-bond donors (Lipinski definition) is 2. The molecule has 2 heterocycles. The van der Waals surface area contributed by atoms with Gasteiger partial charge in [-0.15, -0.1) is 0 Å². The molecule has 8 heteroatoms. The number of amides is 1. The Bertz CT molecular complexity index is 806. The number of aryl methyl sites for hydroxylation is 1. The first-order valence-corrected chi connectivity index (χ1v) is 6.46. The second kappa shape index (κ2) is 5.88. The lowest BCUT2D eigenvalue weighted by atomic mass is 10.3. The van der Waals surface area contributed by atoms with Gasteiger partial charge in [-0.3, -0.25) is 18.7 Å². The zero-order valence-corrected chi connectivity index (χ0v) is 12.1. The molecule has 1 amide bonds. The number of carbonyl (C=O) groups is 1. The van der Waals surface area contributed by atoms with Gasteiger partial charge in [0.05, 0.1) is 17.3 Å². The van der Waals surface area contributed by atoms with Gasteiger partial charge in [-0.1, -0.05) is 0 Å². The highest BCUT2D eigenvalue weighted by atomic mass is 16.2. The fourth-order valence-electron chi connectivity index (χ4n) is 2.00. The van der Waals surface area contributed by atoms with E-state index in [9.17, 15) is 14.4 Å². The first kappa shape index (κ1) is 14.9. The number of pyridine rings is 1. The predicted octanol–water partition coefficient (Wildman–Crippen LogP) is -0.820. The maximum Gasteiger partial charge on any atom is 0.332 e. The van der Waals surface area contributed by atoms with E-state index in [0.29, 0.717) is 18.7 Å². The van der Waals surface area contributed by atoms with Crippen LogP contribution in [-0.4, -0.2) is 33.6 Å². The lowest BCUT2D eigenvalue weighted by molar-refractivity contribution is -0.116. The molecule has 0 aliphatic heterocycles. The summed E-state index contributed by atoms with van der Waals surface area (Å²) in [7, 11) is 4.71. The number of aromatic nitrogens is 3. The fraction of sp³-hybridized carbons (Fsp3) is 0.385. The highest BCUT2D eigenvalue weighted by Gasteiger charge is 2.11.